The average Bonchev–Trinajstić information content (AvgIpc) is 2.46. The van der Waals surface area contributed by atoms with Crippen molar-refractivity contribution in [1.29, 1.82) is 0 Å². The molecule has 1 aromatic carbocycles. The first-order valence-electron chi connectivity index (χ1n) is 7.91. The molecule has 1 heterocycles. The third kappa shape index (κ3) is 4.45. The van der Waals surface area contributed by atoms with E-state index in [9.17, 15) is 0 Å². The van der Waals surface area contributed by atoms with Crippen molar-refractivity contribution in [3.8, 4) is 5.75 Å². The maximum absolute atomic E-state index is 5.87. The van der Waals surface area contributed by atoms with E-state index in [0.717, 1.165) is 12.4 Å². The lowest BCUT2D eigenvalue weighted by molar-refractivity contribution is -0.172. The van der Waals surface area contributed by atoms with Crippen molar-refractivity contribution in [3.63, 3.8) is 0 Å². The van der Waals surface area contributed by atoms with Crippen LogP contribution in [0.4, 0.5) is 0 Å². The smallest absolute Gasteiger partial charge is 0.119 e. The van der Waals surface area contributed by atoms with Gasteiger partial charge < -0.3 is 18.9 Å². The van der Waals surface area contributed by atoms with Crippen molar-refractivity contribution in [1.82, 2.24) is 0 Å². The van der Waals surface area contributed by atoms with Crippen LogP contribution in [0.5, 0.6) is 5.75 Å². The average molecular weight is 308 g/mol. The molecule has 1 aliphatic heterocycles. The molecule has 4 nitrogen and oxygen atoms in total. The molecule has 0 spiro atoms. The van der Waals surface area contributed by atoms with Crippen molar-refractivity contribution >= 4 is 0 Å². The minimum absolute atomic E-state index is 0.00144. The second kappa shape index (κ2) is 7.44. The number of hydrogen-bond acceptors (Lipinski definition) is 4. The van der Waals surface area contributed by atoms with E-state index >= 15 is 0 Å². The van der Waals surface area contributed by atoms with E-state index in [1.54, 1.807) is 7.11 Å². The van der Waals surface area contributed by atoms with Gasteiger partial charge in [-0.3, -0.25) is 0 Å². The molecule has 0 saturated carbocycles. The molecule has 0 aromatic heterocycles. The molecule has 1 saturated heterocycles. The largest absolute Gasteiger partial charge is 0.488 e. The van der Waals surface area contributed by atoms with E-state index in [-0.39, 0.29) is 23.7 Å². The van der Waals surface area contributed by atoms with Crippen LogP contribution in [0.15, 0.2) is 24.3 Å². The quantitative estimate of drug-likeness (QED) is 0.735. The van der Waals surface area contributed by atoms with Crippen LogP contribution in [-0.4, -0.2) is 39.1 Å². The van der Waals surface area contributed by atoms with Gasteiger partial charge in [-0.25, -0.2) is 0 Å². The highest BCUT2D eigenvalue weighted by Gasteiger charge is 2.40. The third-order valence-corrected chi connectivity index (χ3v) is 3.87. The normalized spacial score (nSPS) is 22.7. The van der Waals surface area contributed by atoms with Gasteiger partial charge in [0.1, 0.15) is 11.9 Å². The molecule has 1 aromatic rings. The van der Waals surface area contributed by atoms with Gasteiger partial charge in [0.15, 0.2) is 0 Å². The summed E-state index contributed by atoms with van der Waals surface area (Å²) in [6, 6.07) is 8.18. The Bertz CT molecular complexity index is 455. The van der Waals surface area contributed by atoms with Crippen LogP contribution < -0.4 is 4.74 Å². The summed E-state index contributed by atoms with van der Waals surface area (Å²) in [7, 11) is 1.68. The van der Waals surface area contributed by atoms with Gasteiger partial charge in [0.2, 0.25) is 0 Å². The second-order valence-electron chi connectivity index (χ2n) is 6.78. The minimum atomic E-state index is 0.00144. The Labute approximate surface area is 133 Å². The molecule has 4 heteroatoms. The molecule has 3 atom stereocenters. The zero-order chi connectivity index (χ0) is 16.2. The van der Waals surface area contributed by atoms with Crippen LogP contribution >= 0.6 is 0 Å². The highest BCUT2D eigenvalue weighted by molar-refractivity contribution is 5.30. The van der Waals surface area contributed by atoms with Gasteiger partial charge in [0.25, 0.3) is 0 Å². The number of rotatable bonds is 8. The molecule has 0 aliphatic carbocycles. The lowest BCUT2D eigenvalue weighted by Crippen LogP contribution is -2.40. The second-order valence-corrected chi connectivity index (χ2v) is 6.78. The molecule has 3 unspecified atom stereocenters. The van der Waals surface area contributed by atoms with Crippen molar-refractivity contribution in [2.75, 3.05) is 26.9 Å². The monoisotopic (exact) mass is 308 g/mol. The van der Waals surface area contributed by atoms with E-state index in [1.807, 2.05) is 26.0 Å². The van der Waals surface area contributed by atoms with Gasteiger partial charge in [0, 0.05) is 12.5 Å². The lowest BCUT2D eigenvalue weighted by Gasteiger charge is -2.44. The summed E-state index contributed by atoms with van der Waals surface area (Å²) in [5.41, 5.74) is 1.43. The maximum atomic E-state index is 5.87. The summed E-state index contributed by atoms with van der Waals surface area (Å²) in [4.78, 5) is 0. The van der Waals surface area contributed by atoms with Crippen molar-refractivity contribution in [2.24, 2.45) is 5.41 Å². The number of methoxy groups -OCH3 is 1. The van der Waals surface area contributed by atoms with Crippen molar-refractivity contribution in [2.45, 2.75) is 46.0 Å². The Morgan fingerprint density at radius 2 is 1.82 bits per heavy atom. The van der Waals surface area contributed by atoms with Crippen LogP contribution in [0, 0.1) is 5.41 Å². The first kappa shape index (κ1) is 17.3. The maximum Gasteiger partial charge on any atom is 0.119 e. The van der Waals surface area contributed by atoms with E-state index in [1.165, 1.54) is 5.56 Å². The summed E-state index contributed by atoms with van der Waals surface area (Å²) in [5.74, 6) is 0.858. The van der Waals surface area contributed by atoms with Crippen molar-refractivity contribution in [3.05, 3.63) is 29.8 Å². The third-order valence-electron chi connectivity index (χ3n) is 3.87. The number of benzene rings is 1. The van der Waals surface area contributed by atoms with Crippen LogP contribution in [0.3, 0.4) is 0 Å². The fraction of sp³-hybridized carbons (Fsp3) is 0.667. The minimum Gasteiger partial charge on any atom is -0.488 e. The molecular weight excluding hydrogens is 280 g/mol. The first-order valence-corrected chi connectivity index (χ1v) is 7.91. The summed E-state index contributed by atoms with van der Waals surface area (Å²) in [6.07, 6.45) is 0.273. The molecule has 2 rings (SSSR count). The van der Waals surface area contributed by atoms with Crippen LogP contribution in [-0.2, 0) is 14.2 Å². The Kier molecular flexibility index (Phi) is 5.84. The molecule has 0 bridgehead atoms. The molecule has 1 fully saturated rings. The Balaban J connectivity index is 1.81. The summed E-state index contributed by atoms with van der Waals surface area (Å²) in [6.45, 7) is 10.4. The zero-order valence-electron chi connectivity index (χ0n) is 14.3. The van der Waals surface area contributed by atoms with Gasteiger partial charge >= 0.3 is 0 Å². The number of ether oxygens (including phenoxy) is 4. The molecular formula is C18H28O4. The topological polar surface area (TPSA) is 36.9 Å². The zero-order valence-corrected chi connectivity index (χ0v) is 14.3. The van der Waals surface area contributed by atoms with E-state index in [0.29, 0.717) is 13.2 Å². The summed E-state index contributed by atoms with van der Waals surface area (Å²) < 4.78 is 22.2. The SMILES string of the molecule is COCC(C)OCC(C)Oc1ccc(C2OCC2(C)C)cc1. The number of hydrogen-bond donors (Lipinski definition) is 0. The van der Waals surface area contributed by atoms with Crippen LogP contribution in [0.2, 0.25) is 0 Å². The molecule has 0 N–H and O–H groups in total. The van der Waals surface area contributed by atoms with Crippen LogP contribution in [0.1, 0.15) is 39.4 Å². The molecule has 1 aliphatic rings. The summed E-state index contributed by atoms with van der Waals surface area (Å²) in [5, 5.41) is 0. The fourth-order valence-electron chi connectivity index (χ4n) is 2.62. The van der Waals surface area contributed by atoms with E-state index < -0.39 is 0 Å². The van der Waals surface area contributed by atoms with Gasteiger partial charge in [-0.2, -0.15) is 0 Å². The Morgan fingerprint density at radius 1 is 1.14 bits per heavy atom. The van der Waals surface area contributed by atoms with Gasteiger partial charge in [-0.1, -0.05) is 26.0 Å². The fourth-order valence-corrected chi connectivity index (χ4v) is 2.62. The molecule has 124 valence electrons. The predicted octanol–water partition coefficient (Wildman–Crippen LogP) is 3.60. The van der Waals surface area contributed by atoms with Crippen molar-refractivity contribution < 1.29 is 18.9 Å². The summed E-state index contributed by atoms with van der Waals surface area (Å²) >= 11 is 0. The standard InChI is InChI=1S/C18H28O4/c1-13(10-19-5)20-11-14(2)22-16-8-6-15(7-9-16)17-18(3,4)12-21-17/h6-9,13-14,17H,10-12H2,1-5H3. The predicted molar refractivity (Wildman–Crippen MR) is 86.3 cm³/mol. The van der Waals surface area contributed by atoms with E-state index in [2.05, 4.69) is 26.0 Å². The lowest BCUT2D eigenvalue weighted by atomic mass is 9.79. The Hall–Kier alpha value is -1.10. The molecule has 0 amide bonds. The van der Waals surface area contributed by atoms with Gasteiger partial charge in [0.05, 0.1) is 32.0 Å². The van der Waals surface area contributed by atoms with Gasteiger partial charge in [-0.05, 0) is 31.5 Å². The van der Waals surface area contributed by atoms with E-state index in [4.69, 9.17) is 18.9 Å². The molecule has 22 heavy (non-hydrogen) atoms. The highest BCUT2D eigenvalue weighted by atomic mass is 16.6. The molecule has 0 radical (unpaired) electrons. The Morgan fingerprint density at radius 3 is 2.32 bits per heavy atom. The first-order chi connectivity index (χ1) is 10.4. The van der Waals surface area contributed by atoms with Crippen LogP contribution in [0.25, 0.3) is 0 Å². The highest BCUT2D eigenvalue weighted by Crippen LogP contribution is 2.45. The van der Waals surface area contributed by atoms with Gasteiger partial charge in [-0.15, -0.1) is 0 Å².